The molecule has 0 aromatic heterocycles. The standard InChI is InChI=1S/C42H36Cl2O3/c43-37-21-17-31(18-22-37)29-45-27-25-35-13-7-15-39(41(35)33-9-3-1-4-10-33)47-40-16-8-14-36(42(40)34-11-5-2-6-12-34)26-28-46-30-32-19-23-38(44)24-20-32/h1-24H,25-30H2. The molecule has 0 fully saturated rings. The zero-order valence-corrected chi connectivity index (χ0v) is 27.6. The second-order valence-corrected chi connectivity index (χ2v) is 12.1. The molecule has 0 amide bonds. The average molecular weight is 660 g/mol. The number of hydrogen-bond acceptors (Lipinski definition) is 3. The molecule has 0 radical (unpaired) electrons. The lowest BCUT2D eigenvalue weighted by Gasteiger charge is -2.20. The molecule has 5 heteroatoms. The number of benzene rings is 6. The summed E-state index contributed by atoms with van der Waals surface area (Å²) < 4.78 is 19.1. The molecule has 6 aromatic carbocycles. The Kier molecular flexibility index (Phi) is 11.4. The molecule has 6 aromatic rings. The van der Waals surface area contributed by atoms with E-state index in [-0.39, 0.29) is 0 Å². The Labute approximate surface area is 287 Å². The molecule has 47 heavy (non-hydrogen) atoms. The minimum Gasteiger partial charge on any atom is -0.456 e. The van der Waals surface area contributed by atoms with Crippen molar-refractivity contribution in [2.75, 3.05) is 13.2 Å². The first-order chi connectivity index (χ1) is 23.1. The summed E-state index contributed by atoms with van der Waals surface area (Å²) >= 11 is 12.1. The van der Waals surface area contributed by atoms with E-state index in [0.717, 1.165) is 78.9 Å². The highest BCUT2D eigenvalue weighted by atomic mass is 35.5. The van der Waals surface area contributed by atoms with Gasteiger partial charge in [-0.05, 0) is 82.6 Å². The Bertz CT molecular complexity index is 1720. The Balaban J connectivity index is 1.25. The highest BCUT2D eigenvalue weighted by Gasteiger charge is 2.17. The Morgan fingerprint density at radius 3 is 1.21 bits per heavy atom. The van der Waals surface area contributed by atoms with Crippen molar-refractivity contribution in [3.8, 4) is 33.8 Å². The fourth-order valence-electron chi connectivity index (χ4n) is 5.63. The molecule has 0 aliphatic carbocycles. The van der Waals surface area contributed by atoms with Gasteiger partial charge in [0.05, 0.1) is 26.4 Å². The number of ether oxygens (including phenoxy) is 3. The van der Waals surface area contributed by atoms with E-state index in [9.17, 15) is 0 Å². The van der Waals surface area contributed by atoms with Crippen molar-refractivity contribution in [3.05, 3.63) is 178 Å². The summed E-state index contributed by atoms with van der Waals surface area (Å²) in [6, 6.07) is 48.9. The third-order valence-electron chi connectivity index (χ3n) is 7.97. The highest BCUT2D eigenvalue weighted by molar-refractivity contribution is 6.30. The van der Waals surface area contributed by atoms with E-state index in [2.05, 4.69) is 84.9 Å². The first kappa shape index (κ1) is 32.6. The van der Waals surface area contributed by atoms with E-state index in [1.165, 1.54) is 0 Å². The van der Waals surface area contributed by atoms with E-state index in [1.807, 2.05) is 60.7 Å². The summed E-state index contributed by atoms with van der Waals surface area (Å²) in [4.78, 5) is 0. The zero-order chi connectivity index (χ0) is 32.3. The molecule has 0 atom stereocenters. The molecule has 0 aliphatic rings. The summed E-state index contributed by atoms with van der Waals surface area (Å²) in [6.45, 7) is 2.22. The molecule has 236 valence electrons. The van der Waals surface area contributed by atoms with Crippen molar-refractivity contribution >= 4 is 23.2 Å². The molecule has 0 bridgehead atoms. The van der Waals surface area contributed by atoms with Crippen LogP contribution in [0.2, 0.25) is 10.0 Å². The maximum Gasteiger partial charge on any atom is 0.135 e. The van der Waals surface area contributed by atoms with Crippen LogP contribution in [0.3, 0.4) is 0 Å². The normalized spacial score (nSPS) is 11.0. The molecule has 0 N–H and O–H groups in total. The van der Waals surface area contributed by atoms with Gasteiger partial charge in [0, 0.05) is 21.2 Å². The van der Waals surface area contributed by atoms with Gasteiger partial charge in [0.1, 0.15) is 11.5 Å². The van der Waals surface area contributed by atoms with Gasteiger partial charge in [-0.1, -0.05) is 132 Å². The maximum atomic E-state index is 6.90. The van der Waals surface area contributed by atoms with Crippen molar-refractivity contribution in [1.29, 1.82) is 0 Å². The van der Waals surface area contributed by atoms with Gasteiger partial charge >= 0.3 is 0 Å². The predicted octanol–water partition coefficient (Wildman–Crippen LogP) is 11.6. The molecule has 0 unspecified atom stereocenters. The molecular weight excluding hydrogens is 623 g/mol. The largest absolute Gasteiger partial charge is 0.456 e. The first-order valence-corrected chi connectivity index (χ1v) is 16.6. The Morgan fingerprint density at radius 1 is 0.404 bits per heavy atom. The monoisotopic (exact) mass is 658 g/mol. The fraction of sp³-hybridized carbons (Fsp3) is 0.143. The lowest BCUT2D eigenvalue weighted by atomic mass is 9.95. The first-order valence-electron chi connectivity index (χ1n) is 15.8. The number of rotatable bonds is 14. The topological polar surface area (TPSA) is 27.7 Å². The molecule has 0 saturated heterocycles. The highest BCUT2D eigenvalue weighted by Crippen LogP contribution is 2.41. The van der Waals surface area contributed by atoms with Crippen molar-refractivity contribution < 1.29 is 14.2 Å². The van der Waals surface area contributed by atoms with Gasteiger partial charge in [0.2, 0.25) is 0 Å². The van der Waals surface area contributed by atoms with E-state index in [4.69, 9.17) is 37.4 Å². The Hall–Kier alpha value is -4.38. The number of hydrogen-bond donors (Lipinski definition) is 0. The smallest absolute Gasteiger partial charge is 0.135 e. The SMILES string of the molecule is Clc1ccc(COCCc2cccc(Oc3cccc(CCOCc4ccc(Cl)cc4)c3-c3ccccc3)c2-c2ccccc2)cc1. The van der Waals surface area contributed by atoms with Crippen LogP contribution in [-0.2, 0) is 35.5 Å². The zero-order valence-electron chi connectivity index (χ0n) is 26.1. The Morgan fingerprint density at radius 2 is 0.809 bits per heavy atom. The van der Waals surface area contributed by atoms with Crippen LogP contribution in [-0.4, -0.2) is 13.2 Å². The van der Waals surface area contributed by atoms with E-state index >= 15 is 0 Å². The van der Waals surface area contributed by atoms with Gasteiger partial charge in [-0.15, -0.1) is 0 Å². The van der Waals surface area contributed by atoms with Crippen LogP contribution in [0.5, 0.6) is 11.5 Å². The number of halogens is 2. The van der Waals surface area contributed by atoms with E-state index < -0.39 is 0 Å². The van der Waals surface area contributed by atoms with Crippen LogP contribution in [0.1, 0.15) is 22.3 Å². The van der Waals surface area contributed by atoms with Gasteiger partial charge in [-0.3, -0.25) is 0 Å². The van der Waals surface area contributed by atoms with Crippen molar-refractivity contribution in [1.82, 2.24) is 0 Å². The summed E-state index contributed by atoms with van der Waals surface area (Å²) in [5, 5.41) is 1.45. The quantitative estimate of drug-likeness (QED) is 0.109. The van der Waals surface area contributed by atoms with Crippen LogP contribution in [0.15, 0.2) is 146 Å². The summed E-state index contributed by atoms with van der Waals surface area (Å²) in [5.74, 6) is 1.61. The molecule has 0 aliphatic heterocycles. The van der Waals surface area contributed by atoms with Crippen LogP contribution in [0.25, 0.3) is 22.3 Å². The second kappa shape index (κ2) is 16.4. The van der Waals surface area contributed by atoms with Crippen LogP contribution >= 0.6 is 23.2 Å². The summed E-state index contributed by atoms with van der Waals surface area (Å²) in [7, 11) is 0. The third-order valence-corrected chi connectivity index (χ3v) is 8.47. The summed E-state index contributed by atoms with van der Waals surface area (Å²) in [6.07, 6.45) is 1.48. The molecule has 0 spiro atoms. The molecule has 0 heterocycles. The van der Waals surface area contributed by atoms with E-state index in [1.54, 1.807) is 0 Å². The average Bonchev–Trinajstić information content (AvgIpc) is 3.11. The van der Waals surface area contributed by atoms with Gasteiger partial charge in [0.25, 0.3) is 0 Å². The van der Waals surface area contributed by atoms with Crippen LogP contribution in [0, 0.1) is 0 Å². The molecule has 6 rings (SSSR count). The van der Waals surface area contributed by atoms with Gasteiger partial charge in [0.15, 0.2) is 0 Å². The van der Waals surface area contributed by atoms with Crippen LogP contribution < -0.4 is 4.74 Å². The van der Waals surface area contributed by atoms with E-state index in [0.29, 0.717) is 26.4 Å². The van der Waals surface area contributed by atoms with Crippen molar-refractivity contribution in [2.45, 2.75) is 26.1 Å². The third kappa shape index (κ3) is 8.91. The molecular formula is C42H36Cl2O3. The lowest BCUT2D eigenvalue weighted by molar-refractivity contribution is 0.124. The molecule has 3 nitrogen and oxygen atoms in total. The minimum absolute atomic E-state index is 0.532. The maximum absolute atomic E-state index is 6.90. The second-order valence-electron chi connectivity index (χ2n) is 11.3. The van der Waals surface area contributed by atoms with Gasteiger partial charge < -0.3 is 14.2 Å². The molecule has 0 saturated carbocycles. The van der Waals surface area contributed by atoms with Gasteiger partial charge in [-0.25, -0.2) is 0 Å². The summed E-state index contributed by atoms with van der Waals surface area (Å²) in [5.41, 5.74) is 8.86. The van der Waals surface area contributed by atoms with Crippen LogP contribution in [0.4, 0.5) is 0 Å². The minimum atomic E-state index is 0.532. The fourth-order valence-corrected chi connectivity index (χ4v) is 5.88. The predicted molar refractivity (Wildman–Crippen MR) is 193 cm³/mol. The van der Waals surface area contributed by atoms with Crippen molar-refractivity contribution in [3.63, 3.8) is 0 Å². The lowest BCUT2D eigenvalue weighted by Crippen LogP contribution is -2.03. The van der Waals surface area contributed by atoms with Gasteiger partial charge in [-0.2, -0.15) is 0 Å². The van der Waals surface area contributed by atoms with Crippen molar-refractivity contribution in [2.24, 2.45) is 0 Å².